The monoisotopic (exact) mass is 325 g/mol. The lowest BCUT2D eigenvalue weighted by Gasteiger charge is -2.26. The topological polar surface area (TPSA) is 31.4 Å². The molecule has 0 aliphatic heterocycles. The van der Waals surface area contributed by atoms with Gasteiger partial charge in [0.2, 0.25) is 5.88 Å². The molecule has 1 rings (SSSR count). The van der Waals surface area contributed by atoms with Gasteiger partial charge < -0.3 is 9.47 Å². The zero-order valence-corrected chi connectivity index (χ0v) is 14.2. The molecule has 1 aromatic heterocycles. The van der Waals surface area contributed by atoms with Crippen LogP contribution in [0.5, 0.6) is 11.6 Å². The highest BCUT2D eigenvalue weighted by molar-refractivity contribution is 6.44. The highest BCUT2D eigenvalue weighted by atomic mass is 35.5. The average Bonchev–Trinajstić information content (AvgIpc) is 2.17. The van der Waals surface area contributed by atoms with Crippen molar-refractivity contribution in [3.63, 3.8) is 0 Å². The van der Waals surface area contributed by atoms with Crippen LogP contribution in [0.3, 0.4) is 0 Å². The SMILES string of the molecule is CC(C)(C)Oc1nc(Cl)c(Cl)c(OC(C)(C)C)c1Cl. The third kappa shape index (κ3) is 4.90. The quantitative estimate of drug-likeness (QED) is 0.682. The van der Waals surface area contributed by atoms with Crippen molar-refractivity contribution < 1.29 is 9.47 Å². The number of aromatic nitrogens is 1. The first kappa shape index (κ1) is 16.7. The summed E-state index contributed by atoms with van der Waals surface area (Å²) < 4.78 is 11.4. The Hall–Kier alpha value is -0.380. The minimum Gasteiger partial charge on any atom is -0.485 e. The highest BCUT2D eigenvalue weighted by Gasteiger charge is 2.25. The number of halogens is 3. The first-order valence-electron chi connectivity index (χ1n) is 5.83. The van der Waals surface area contributed by atoms with Crippen LogP contribution in [0.25, 0.3) is 0 Å². The maximum Gasteiger partial charge on any atom is 0.238 e. The molecule has 6 heteroatoms. The second kappa shape index (κ2) is 5.55. The van der Waals surface area contributed by atoms with Gasteiger partial charge in [-0.05, 0) is 41.5 Å². The number of hydrogen-bond acceptors (Lipinski definition) is 3. The summed E-state index contributed by atoms with van der Waals surface area (Å²) >= 11 is 18.3. The smallest absolute Gasteiger partial charge is 0.238 e. The standard InChI is InChI=1S/C13H18Cl3NO2/c1-12(2,3)18-9-7(14)10(16)17-11(8(9)15)19-13(4,5)6/h1-6H3. The van der Waals surface area contributed by atoms with Crippen LogP contribution in [0.1, 0.15) is 41.5 Å². The van der Waals surface area contributed by atoms with Crippen LogP contribution in [-0.2, 0) is 0 Å². The van der Waals surface area contributed by atoms with E-state index in [-0.39, 0.29) is 26.8 Å². The molecule has 0 fully saturated rings. The molecule has 3 nitrogen and oxygen atoms in total. The molecular formula is C13H18Cl3NO2. The third-order valence-electron chi connectivity index (χ3n) is 1.78. The van der Waals surface area contributed by atoms with Crippen molar-refractivity contribution in [3.8, 4) is 11.6 Å². The van der Waals surface area contributed by atoms with E-state index in [1.54, 1.807) is 0 Å². The number of ether oxygens (including phenoxy) is 2. The Labute approximate surface area is 129 Å². The average molecular weight is 327 g/mol. The third-order valence-corrected chi connectivity index (χ3v) is 2.83. The van der Waals surface area contributed by atoms with Crippen LogP contribution in [0, 0.1) is 0 Å². The van der Waals surface area contributed by atoms with Gasteiger partial charge in [-0.2, -0.15) is 4.98 Å². The Morgan fingerprint density at radius 3 is 1.68 bits per heavy atom. The van der Waals surface area contributed by atoms with Gasteiger partial charge >= 0.3 is 0 Å². The van der Waals surface area contributed by atoms with Crippen molar-refractivity contribution in [2.75, 3.05) is 0 Å². The van der Waals surface area contributed by atoms with Crippen LogP contribution >= 0.6 is 34.8 Å². The summed E-state index contributed by atoms with van der Waals surface area (Å²) in [6, 6.07) is 0. The summed E-state index contributed by atoms with van der Waals surface area (Å²) in [7, 11) is 0. The molecule has 19 heavy (non-hydrogen) atoms. The van der Waals surface area contributed by atoms with Gasteiger partial charge in [0.1, 0.15) is 21.2 Å². The number of nitrogens with zero attached hydrogens (tertiary/aromatic N) is 1. The molecule has 0 aliphatic rings. The molecule has 1 heterocycles. The van der Waals surface area contributed by atoms with Gasteiger partial charge in [0, 0.05) is 0 Å². The van der Waals surface area contributed by atoms with Gasteiger partial charge in [-0.3, -0.25) is 0 Å². The second-order valence-corrected chi connectivity index (χ2v) is 7.21. The molecule has 0 bridgehead atoms. The van der Waals surface area contributed by atoms with Crippen molar-refractivity contribution in [2.24, 2.45) is 0 Å². The van der Waals surface area contributed by atoms with Gasteiger partial charge in [0.15, 0.2) is 10.9 Å². The van der Waals surface area contributed by atoms with Crippen LogP contribution in [-0.4, -0.2) is 16.2 Å². The lowest BCUT2D eigenvalue weighted by molar-refractivity contribution is 0.117. The van der Waals surface area contributed by atoms with Crippen molar-refractivity contribution in [3.05, 3.63) is 15.2 Å². The largest absolute Gasteiger partial charge is 0.485 e. The maximum absolute atomic E-state index is 6.24. The van der Waals surface area contributed by atoms with Gasteiger partial charge in [-0.1, -0.05) is 34.8 Å². The molecule has 0 amide bonds. The normalized spacial score (nSPS) is 12.5. The van der Waals surface area contributed by atoms with E-state index in [1.807, 2.05) is 41.5 Å². The maximum atomic E-state index is 6.24. The first-order chi connectivity index (χ1) is 8.41. The van der Waals surface area contributed by atoms with Crippen molar-refractivity contribution in [1.82, 2.24) is 4.98 Å². The van der Waals surface area contributed by atoms with Gasteiger partial charge in [0.25, 0.3) is 0 Å². The molecule has 0 unspecified atom stereocenters. The van der Waals surface area contributed by atoms with E-state index in [4.69, 9.17) is 44.3 Å². The summed E-state index contributed by atoms with van der Waals surface area (Å²) in [4.78, 5) is 4.05. The Morgan fingerprint density at radius 1 is 0.789 bits per heavy atom. The molecule has 0 saturated carbocycles. The van der Waals surface area contributed by atoms with Gasteiger partial charge in [-0.25, -0.2) is 0 Å². The van der Waals surface area contributed by atoms with Gasteiger partial charge in [-0.15, -0.1) is 0 Å². The molecule has 0 aliphatic carbocycles. The number of hydrogen-bond donors (Lipinski definition) is 0. The van der Waals surface area contributed by atoms with Gasteiger partial charge in [0.05, 0.1) is 0 Å². The van der Waals surface area contributed by atoms with Crippen molar-refractivity contribution >= 4 is 34.8 Å². The fourth-order valence-electron chi connectivity index (χ4n) is 1.23. The number of pyridine rings is 1. The van der Waals surface area contributed by atoms with Crippen LogP contribution in [0.2, 0.25) is 15.2 Å². The molecular weight excluding hydrogens is 309 g/mol. The Balaban J connectivity index is 3.30. The summed E-state index contributed by atoms with van der Waals surface area (Å²) in [6.07, 6.45) is 0. The van der Waals surface area contributed by atoms with E-state index >= 15 is 0 Å². The lowest BCUT2D eigenvalue weighted by atomic mass is 10.2. The fourth-order valence-corrected chi connectivity index (χ4v) is 1.83. The molecule has 0 spiro atoms. The van der Waals surface area contributed by atoms with Crippen LogP contribution < -0.4 is 9.47 Å². The van der Waals surface area contributed by atoms with Crippen molar-refractivity contribution in [1.29, 1.82) is 0 Å². The van der Waals surface area contributed by atoms with E-state index in [0.717, 1.165) is 0 Å². The summed E-state index contributed by atoms with van der Waals surface area (Å²) in [5, 5.41) is 0.506. The minimum absolute atomic E-state index is 0.101. The molecule has 0 saturated heterocycles. The molecule has 0 aromatic carbocycles. The predicted molar refractivity (Wildman–Crippen MR) is 80.0 cm³/mol. The Bertz CT molecular complexity index is 476. The number of rotatable bonds is 2. The Kier molecular flexibility index (Phi) is 4.87. The lowest BCUT2D eigenvalue weighted by Crippen LogP contribution is -2.25. The molecule has 0 atom stereocenters. The van der Waals surface area contributed by atoms with Crippen LogP contribution in [0.15, 0.2) is 0 Å². The van der Waals surface area contributed by atoms with Crippen molar-refractivity contribution in [2.45, 2.75) is 52.7 Å². The van der Waals surface area contributed by atoms with Crippen LogP contribution in [0.4, 0.5) is 0 Å². The molecule has 0 radical (unpaired) electrons. The second-order valence-electron chi connectivity index (χ2n) is 6.09. The van der Waals surface area contributed by atoms with E-state index in [1.165, 1.54) is 0 Å². The van der Waals surface area contributed by atoms with E-state index < -0.39 is 11.2 Å². The van der Waals surface area contributed by atoms with E-state index in [0.29, 0.717) is 0 Å². The summed E-state index contributed by atoms with van der Waals surface area (Å²) in [5.74, 6) is 0.498. The predicted octanol–water partition coefficient (Wildman–Crippen LogP) is 5.40. The first-order valence-corrected chi connectivity index (χ1v) is 6.96. The summed E-state index contributed by atoms with van der Waals surface area (Å²) in [5.41, 5.74) is -0.913. The zero-order chi connectivity index (χ0) is 15.0. The zero-order valence-electron chi connectivity index (χ0n) is 11.9. The Morgan fingerprint density at radius 2 is 1.26 bits per heavy atom. The summed E-state index contributed by atoms with van der Waals surface area (Å²) in [6.45, 7) is 11.3. The minimum atomic E-state index is -0.461. The van der Waals surface area contributed by atoms with E-state index in [9.17, 15) is 0 Å². The molecule has 0 N–H and O–H groups in total. The molecule has 1 aromatic rings. The van der Waals surface area contributed by atoms with E-state index in [2.05, 4.69) is 4.98 Å². The highest BCUT2D eigenvalue weighted by Crippen LogP contribution is 2.44. The fraction of sp³-hybridized carbons (Fsp3) is 0.615. The molecule has 108 valence electrons.